The lowest BCUT2D eigenvalue weighted by Gasteiger charge is -2.18. The van der Waals surface area contributed by atoms with Crippen LogP contribution in [0.3, 0.4) is 0 Å². The van der Waals surface area contributed by atoms with E-state index >= 15 is 0 Å². The molecule has 0 amide bonds. The maximum atomic E-state index is 13.0. The predicted octanol–water partition coefficient (Wildman–Crippen LogP) is 15.2. The van der Waals surface area contributed by atoms with Gasteiger partial charge in [0.15, 0.2) is 0 Å². The van der Waals surface area contributed by atoms with Gasteiger partial charge in [-0.05, 0) is 77.0 Å². The number of aliphatic carboxylic acids is 1. The molecule has 0 aliphatic heterocycles. The minimum Gasteiger partial charge on any atom is -0.481 e. The molecule has 2 atom stereocenters. The lowest BCUT2D eigenvalue weighted by molar-refractivity contribution is -0.150. The zero-order chi connectivity index (χ0) is 43.4. The van der Waals surface area contributed by atoms with Crippen molar-refractivity contribution in [1.29, 1.82) is 0 Å². The van der Waals surface area contributed by atoms with Gasteiger partial charge in [-0.25, -0.2) is 0 Å². The number of hydrogen-bond acceptors (Lipinski definition) is 7. The molecule has 0 radical (unpaired) electrons. The molecule has 0 aromatic rings. The van der Waals surface area contributed by atoms with Crippen LogP contribution < -0.4 is 0 Å². The van der Waals surface area contributed by atoms with Gasteiger partial charge in [0.2, 0.25) is 0 Å². The number of unbranched alkanes of at least 4 members (excludes halogenated alkanes) is 23. The molecular weight excluding hydrogens is 741 g/mol. The van der Waals surface area contributed by atoms with Gasteiger partial charge in [0.1, 0.15) is 6.10 Å². The van der Waals surface area contributed by atoms with Crippen LogP contribution in [-0.2, 0) is 33.4 Å². The van der Waals surface area contributed by atoms with Crippen molar-refractivity contribution in [3.8, 4) is 0 Å². The molecule has 59 heavy (non-hydrogen) atoms. The van der Waals surface area contributed by atoms with Crippen molar-refractivity contribution in [3.05, 3.63) is 0 Å². The Labute approximate surface area is 364 Å². The average Bonchev–Trinajstić information content (AvgIpc) is 3.22. The third-order valence-electron chi connectivity index (χ3n) is 11.9. The summed E-state index contributed by atoms with van der Waals surface area (Å²) in [5, 5.41) is 8.93. The number of ether oxygens (including phenoxy) is 3. The van der Waals surface area contributed by atoms with Crippen LogP contribution in [0.2, 0.25) is 0 Å². The Kier molecular flexibility index (Phi) is 42.4. The Bertz CT molecular complexity index is 909. The fraction of sp³-hybridized carbons (Fsp3) is 0.922. The number of hydrogen-bond donors (Lipinski definition) is 1. The van der Waals surface area contributed by atoms with Crippen LogP contribution in [0.4, 0.5) is 0 Å². The van der Waals surface area contributed by atoms with E-state index in [0.717, 1.165) is 116 Å². The van der Waals surface area contributed by atoms with E-state index in [4.69, 9.17) is 19.3 Å². The van der Waals surface area contributed by atoms with Crippen molar-refractivity contribution in [2.45, 2.75) is 278 Å². The van der Waals surface area contributed by atoms with Gasteiger partial charge in [0.05, 0.1) is 25.0 Å². The summed E-state index contributed by atoms with van der Waals surface area (Å²) in [7, 11) is 0. The highest BCUT2D eigenvalue weighted by Gasteiger charge is 2.21. The molecule has 0 saturated heterocycles. The Morgan fingerprint density at radius 2 is 0.678 bits per heavy atom. The summed E-state index contributed by atoms with van der Waals surface area (Å²) in [5.74, 6) is -1.03. The number of rotatable bonds is 46. The maximum absolute atomic E-state index is 13.0. The minimum atomic E-state index is -0.841. The normalized spacial score (nSPS) is 12.9. The third kappa shape index (κ3) is 38.5. The first kappa shape index (κ1) is 56.9. The molecule has 0 heterocycles. The molecule has 0 saturated carbocycles. The zero-order valence-corrected chi connectivity index (χ0v) is 39.3. The molecule has 0 fully saturated rings. The van der Waals surface area contributed by atoms with Crippen molar-refractivity contribution in [3.63, 3.8) is 0 Å². The van der Waals surface area contributed by atoms with Crippen LogP contribution in [0.1, 0.15) is 272 Å². The number of carbonyl (C=O) groups excluding carboxylic acids is 3. The highest BCUT2D eigenvalue weighted by atomic mass is 16.5. The van der Waals surface area contributed by atoms with Crippen LogP contribution in [-0.4, -0.2) is 48.3 Å². The highest BCUT2D eigenvalue weighted by molar-refractivity contribution is 5.72. The second kappa shape index (κ2) is 44.0. The summed E-state index contributed by atoms with van der Waals surface area (Å²) in [5.41, 5.74) is 0. The lowest BCUT2D eigenvalue weighted by Crippen LogP contribution is -2.19. The van der Waals surface area contributed by atoms with Crippen molar-refractivity contribution in [2.75, 3.05) is 13.2 Å². The highest BCUT2D eigenvalue weighted by Crippen LogP contribution is 2.23. The van der Waals surface area contributed by atoms with E-state index in [9.17, 15) is 19.2 Å². The average molecular weight is 837 g/mol. The molecule has 0 aromatic heterocycles. The fourth-order valence-electron chi connectivity index (χ4n) is 8.03. The molecule has 0 aliphatic carbocycles. The molecule has 8 heteroatoms. The van der Waals surface area contributed by atoms with Crippen molar-refractivity contribution >= 4 is 23.9 Å². The third-order valence-corrected chi connectivity index (χ3v) is 11.9. The second-order valence-electron chi connectivity index (χ2n) is 17.7. The first-order chi connectivity index (χ1) is 28.8. The Morgan fingerprint density at radius 3 is 1.05 bits per heavy atom. The maximum Gasteiger partial charge on any atom is 0.308 e. The van der Waals surface area contributed by atoms with E-state index < -0.39 is 5.97 Å². The summed E-state index contributed by atoms with van der Waals surface area (Å²) >= 11 is 0. The predicted molar refractivity (Wildman–Crippen MR) is 245 cm³/mol. The largest absolute Gasteiger partial charge is 0.481 e. The zero-order valence-electron chi connectivity index (χ0n) is 39.3. The van der Waals surface area contributed by atoms with Gasteiger partial charge in [-0.15, -0.1) is 0 Å². The summed E-state index contributed by atoms with van der Waals surface area (Å²) < 4.78 is 17.5. The molecule has 8 nitrogen and oxygen atoms in total. The summed E-state index contributed by atoms with van der Waals surface area (Å²) in [6.45, 7) is 9.86. The quantitative estimate of drug-likeness (QED) is 0.0366. The van der Waals surface area contributed by atoms with Crippen molar-refractivity contribution in [1.82, 2.24) is 0 Å². The van der Waals surface area contributed by atoms with E-state index in [0.29, 0.717) is 26.1 Å². The van der Waals surface area contributed by atoms with Crippen LogP contribution in [0.5, 0.6) is 0 Å². The van der Waals surface area contributed by atoms with E-state index in [1.165, 1.54) is 103 Å². The number of carboxylic acids is 1. The molecule has 2 unspecified atom stereocenters. The molecule has 0 aromatic carbocycles. The van der Waals surface area contributed by atoms with Gasteiger partial charge < -0.3 is 19.3 Å². The van der Waals surface area contributed by atoms with E-state index in [1.807, 2.05) is 0 Å². The summed E-state index contributed by atoms with van der Waals surface area (Å²) in [4.78, 5) is 49.6. The van der Waals surface area contributed by atoms with E-state index in [-0.39, 0.29) is 48.7 Å². The smallest absolute Gasteiger partial charge is 0.308 e. The van der Waals surface area contributed by atoms with Crippen molar-refractivity contribution < 1.29 is 38.5 Å². The monoisotopic (exact) mass is 837 g/mol. The standard InChI is InChI=1S/C51H96O8/c1-5-9-13-17-19-27-37-45(35-25-15-11-7-3)50(55)57-43-33-23-21-29-39-47(59-49(54)42-32-31-41-48(52)53)40-30-22-24-34-44-58-51(56)46(36-26-16-12-8-4)38-28-20-18-14-10-6-2/h45-47H,5-44H2,1-4H3,(H,52,53). The molecular formula is C51H96O8. The van der Waals surface area contributed by atoms with Crippen LogP contribution in [0, 0.1) is 11.8 Å². The van der Waals surface area contributed by atoms with E-state index in [1.54, 1.807) is 0 Å². The second-order valence-corrected chi connectivity index (χ2v) is 17.7. The molecule has 0 spiro atoms. The van der Waals surface area contributed by atoms with Gasteiger partial charge in [0.25, 0.3) is 0 Å². The number of esters is 3. The van der Waals surface area contributed by atoms with Gasteiger partial charge in [-0.1, -0.05) is 182 Å². The SMILES string of the molecule is CCCCCCCCC(CCCCCC)C(=O)OCCCCCCC(CCCCCCOC(=O)C(CCCCCC)CCCCCCCC)OC(=O)CCCCC(=O)O. The summed E-state index contributed by atoms with van der Waals surface area (Å²) in [6.07, 6.45) is 38.3. The number of carboxylic acid groups (broad SMARTS) is 1. The summed E-state index contributed by atoms with van der Waals surface area (Å²) in [6, 6.07) is 0. The van der Waals surface area contributed by atoms with Crippen LogP contribution >= 0.6 is 0 Å². The topological polar surface area (TPSA) is 116 Å². The van der Waals surface area contributed by atoms with Gasteiger partial charge in [-0.3, -0.25) is 19.2 Å². The first-order valence-electron chi connectivity index (χ1n) is 25.5. The van der Waals surface area contributed by atoms with Crippen molar-refractivity contribution in [2.24, 2.45) is 11.8 Å². The van der Waals surface area contributed by atoms with Crippen LogP contribution in [0.25, 0.3) is 0 Å². The minimum absolute atomic E-state index is 0.00551. The van der Waals surface area contributed by atoms with Gasteiger partial charge >= 0.3 is 23.9 Å². The van der Waals surface area contributed by atoms with Gasteiger partial charge in [-0.2, -0.15) is 0 Å². The molecule has 0 bridgehead atoms. The van der Waals surface area contributed by atoms with E-state index in [2.05, 4.69) is 27.7 Å². The van der Waals surface area contributed by atoms with Gasteiger partial charge in [0, 0.05) is 12.8 Å². The molecule has 0 rings (SSSR count). The molecule has 348 valence electrons. The Hall–Kier alpha value is -2.12. The lowest BCUT2D eigenvalue weighted by atomic mass is 9.94. The first-order valence-corrected chi connectivity index (χ1v) is 25.5. The molecule has 0 aliphatic rings. The fourth-order valence-corrected chi connectivity index (χ4v) is 8.03. The Morgan fingerprint density at radius 1 is 0.373 bits per heavy atom. The van der Waals surface area contributed by atoms with Crippen LogP contribution in [0.15, 0.2) is 0 Å². The Balaban J connectivity index is 4.70. The molecule has 1 N–H and O–H groups in total. The number of carbonyl (C=O) groups is 4.